The highest BCUT2D eigenvalue weighted by molar-refractivity contribution is 6.05. The molecule has 144 valence electrons. The van der Waals surface area contributed by atoms with Crippen LogP contribution in [0.15, 0.2) is 70.9 Å². The number of amides is 1. The number of para-hydroxylation sites is 2. The van der Waals surface area contributed by atoms with E-state index in [4.69, 9.17) is 0 Å². The summed E-state index contributed by atoms with van der Waals surface area (Å²) in [4.78, 5) is 23.9. The third-order valence-corrected chi connectivity index (χ3v) is 4.55. The highest BCUT2D eigenvalue weighted by Crippen LogP contribution is 2.32. The molecule has 9 nitrogen and oxygen atoms in total. The van der Waals surface area contributed by atoms with Crippen molar-refractivity contribution in [3.05, 3.63) is 71.4 Å². The molecule has 0 saturated carbocycles. The van der Waals surface area contributed by atoms with E-state index in [1.165, 1.54) is 24.3 Å². The molecule has 1 heterocycles. The van der Waals surface area contributed by atoms with E-state index in [1.54, 1.807) is 36.4 Å². The molecule has 1 unspecified atom stereocenters. The molecular weight excluding hydrogens is 376 g/mol. The van der Waals surface area contributed by atoms with Crippen LogP contribution in [-0.4, -0.2) is 39.1 Å². The molecule has 0 saturated heterocycles. The molecule has 1 amide bonds. The summed E-state index contributed by atoms with van der Waals surface area (Å²) in [7, 11) is 0. The second-order valence-electron chi connectivity index (χ2n) is 6.29. The Morgan fingerprint density at radius 1 is 1.10 bits per heavy atom. The van der Waals surface area contributed by atoms with Crippen molar-refractivity contribution >= 4 is 40.2 Å². The van der Waals surface area contributed by atoms with Crippen molar-refractivity contribution < 1.29 is 24.6 Å². The number of aldehydes is 1. The van der Waals surface area contributed by atoms with Gasteiger partial charge in [-0.05, 0) is 35.0 Å². The number of hydroxylamine groups is 1. The van der Waals surface area contributed by atoms with Gasteiger partial charge in [-0.25, -0.2) is 9.80 Å². The summed E-state index contributed by atoms with van der Waals surface area (Å²) < 4.78 is 0.331. The predicted octanol–water partition coefficient (Wildman–Crippen LogP) is 3.16. The van der Waals surface area contributed by atoms with Gasteiger partial charge >= 0.3 is 11.7 Å². The number of phenols is 1. The first kappa shape index (κ1) is 18.3. The normalized spacial score (nSPS) is 16.3. The Kier molecular flexibility index (Phi) is 4.49. The molecule has 3 aromatic carbocycles. The SMILES string of the molecule is O=CC1C(N=NC(=O)c2cc3ccccc3cc2O)=[N+]([O-])c2ccccc2N1O. The van der Waals surface area contributed by atoms with Gasteiger partial charge in [0.15, 0.2) is 12.0 Å². The fraction of sp³-hybridized carbons (Fsp3) is 0.0500. The van der Waals surface area contributed by atoms with Crippen LogP contribution >= 0.6 is 0 Å². The standard InChI is InChI=1S/C20H14N4O5/c25-11-17-19(24(29)16-8-4-3-7-15(16)23(17)28)21-22-20(27)14-9-12-5-1-2-6-13(12)10-18(14)26/h1-11,17,26,28H. The predicted molar refractivity (Wildman–Crippen MR) is 104 cm³/mol. The van der Waals surface area contributed by atoms with Crippen molar-refractivity contribution in [3.8, 4) is 5.75 Å². The molecule has 0 spiro atoms. The zero-order valence-corrected chi connectivity index (χ0v) is 14.8. The van der Waals surface area contributed by atoms with E-state index in [-0.39, 0.29) is 22.7 Å². The monoisotopic (exact) mass is 390 g/mol. The Morgan fingerprint density at radius 2 is 1.76 bits per heavy atom. The number of carbonyl (C=O) groups excluding carboxylic acids is 2. The largest absolute Gasteiger partial charge is 0.710 e. The molecule has 1 atom stereocenters. The number of hydrogen-bond acceptors (Lipinski definition) is 7. The number of phenolic OH excluding ortho intramolecular Hbond substituents is 1. The number of azo groups is 1. The van der Waals surface area contributed by atoms with Gasteiger partial charge in [-0.1, -0.05) is 36.4 Å². The molecule has 0 fully saturated rings. The summed E-state index contributed by atoms with van der Waals surface area (Å²) >= 11 is 0. The van der Waals surface area contributed by atoms with E-state index in [9.17, 15) is 25.1 Å². The van der Waals surface area contributed by atoms with Crippen LogP contribution in [0.25, 0.3) is 10.8 Å². The average Bonchev–Trinajstić information content (AvgIpc) is 2.74. The van der Waals surface area contributed by atoms with Gasteiger partial charge in [0.05, 0.1) is 10.7 Å². The summed E-state index contributed by atoms with van der Waals surface area (Å²) in [6.07, 6.45) is 0.313. The van der Waals surface area contributed by atoms with Gasteiger partial charge in [0, 0.05) is 5.11 Å². The van der Waals surface area contributed by atoms with E-state index in [0.29, 0.717) is 21.5 Å². The van der Waals surface area contributed by atoms with Crippen molar-refractivity contribution in [3.63, 3.8) is 0 Å². The van der Waals surface area contributed by atoms with Crippen molar-refractivity contribution in [2.45, 2.75) is 6.04 Å². The van der Waals surface area contributed by atoms with Crippen LogP contribution in [-0.2, 0) is 4.79 Å². The molecule has 0 radical (unpaired) electrons. The molecule has 0 aliphatic carbocycles. The first-order valence-corrected chi connectivity index (χ1v) is 8.55. The minimum absolute atomic E-state index is 0.0445. The molecule has 2 N–H and O–H groups in total. The number of fused-ring (bicyclic) bond motifs is 2. The number of nitrogens with zero attached hydrogens (tertiary/aromatic N) is 4. The summed E-state index contributed by atoms with van der Waals surface area (Å²) in [5, 5.41) is 42.1. The molecule has 0 bridgehead atoms. The molecular formula is C20H14N4O5. The smallest absolute Gasteiger partial charge is 0.362 e. The number of amidine groups is 1. The average molecular weight is 390 g/mol. The van der Waals surface area contributed by atoms with Crippen molar-refractivity contribution in [2.75, 3.05) is 5.06 Å². The lowest BCUT2D eigenvalue weighted by molar-refractivity contribution is -0.365. The van der Waals surface area contributed by atoms with Crippen LogP contribution in [0.5, 0.6) is 5.75 Å². The summed E-state index contributed by atoms with van der Waals surface area (Å²) in [6.45, 7) is 0. The van der Waals surface area contributed by atoms with Crippen molar-refractivity contribution in [1.29, 1.82) is 0 Å². The van der Waals surface area contributed by atoms with E-state index in [0.717, 1.165) is 5.39 Å². The highest BCUT2D eigenvalue weighted by Gasteiger charge is 2.38. The van der Waals surface area contributed by atoms with Crippen LogP contribution in [0.3, 0.4) is 0 Å². The maximum atomic E-state index is 12.6. The minimum atomic E-state index is -1.44. The van der Waals surface area contributed by atoms with Crippen LogP contribution in [0, 0.1) is 5.21 Å². The molecule has 0 aromatic heterocycles. The molecule has 1 aliphatic rings. The fourth-order valence-corrected chi connectivity index (χ4v) is 3.10. The molecule has 1 aliphatic heterocycles. The maximum Gasteiger partial charge on any atom is 0.362 e. The van der Waals surface area contributed by atoms with E-state index in [1.807, 2.05) is 0 Å². The van der Waals surface area contributed by atoms with Gasteiger partial charge in [0.1, 0.15) is 11.4 Å². The van der Waals surface area contributed by atoms with Gasteiger partial charge in [-0.2, -0.15) is 0 Å². The van der Waals surface area contributed by atoms with Gasteiger partial charge < -0.3 is 15.1 Å². The van der Waals surface area contributed by atoms with Crippen molar-refractivity contribution in [1.82, 2.24) is 0 Å². The summed E-state index contributed by atoms with van der Waals surface area (Å²) in [6, 6.07) is 14.6. The van der Waals surface area contributed by atoms with Gasteiger partial charge in [0.2, 0.25) is 6.04 Å². The molecule has 3 aromatic rings. The number of anilines is 1. The number of hydrogen-bond donors (Lipinski definition) is 2. The third kappa shape index (κ3) is 3.09. The topological polar surface area (TPSA) is 129 Å². The third-order valence-electron chi connectivity index (χ3n) is 4.55. The van der Waals surface area contributed by atoms with Crippen LogP contribution in [0.4, 0.5) is 11.4 Å². The second-order valence-corrected chi connectivity index (χ2v) is 6.29. The van der Waals surface area contributed by atoms with Crippen LogP contribution in [0.1, 0.15) is 10.4 Å². The van der Waals surface area contributed by atoms with Gasteiger partial charge in [-0.15, -0.1) is 0 Å². The lowest BCUT2D eigenvalue weighted by Gasteiger charge is -2.29. The van der Waals surface area contributed by atoms with E-state index >= 15 is 0 Å². The molecule has 29 heavy (non-hydrogen) atoms. The Hall–Kier alpha value is -4.11. The maximum absolute atomic E-state index is 12.6. The first-order chi connectivity index (χ1) is 14.0. The number of aromatic hydroxyl groups is 1. The van der Waals surface area contributed by atoms with Gasteiger partial charge in [0.25, 0.3) is 0 Å². The lowest BCUT2D eigenvalue weighted by atomic mass is 10.1. The summed E-state index contributed by atoms with van der Waals surface area (Å²) in [5.41, 5.74) is 0.0605. The van der Waals surface area contributed by atoms with Crippen LogP contribution in [0.2, 0.25) is 0 Å². The minimum Gasteiger partial charge on any atom is -0.710 e. The highest BCUT2D eigenvalue weighted by atomic mass is 16.5. The molecule has 9 heteroatoms. The fourth-order valence-electron chi connectivity index (χ4n) is 3.10. The van der Waals surface area contributed by atoms with Crippen molar-refractivity contribution in [2.24, 2.45) is 10.2 Å². The zero-order chi connectivity index (χ0) is 20.5. The first-order valence-electron chi connectivity index (χ1n) is 8.55. The number of rotatable bonds is 2. The number of benzene rings is 3. The Labute approximate surface area is 164 Å². The Balaban J connectivity index is 1.74. The van der Waals surface area contributed by atoms with Crippen LogP contribution < -0.4 is 5.06 Å². The Morgan fingerprint density at radius 3 is 2.48 bits per heavy atom. The molecule has 4 rings (SSSR count). The van der Waals surface area contributed by atoms with Gasteiger partial charge in [-0.3, -0.25) is 10.0 Å². The quantitative estimate of drug-likeness (QED) is 0.299. The van der Waals surface area contributed by atoms with E-state index in [2.05, 4.69) is 10.2 Å². The second kappa shape index (κ2) is 7.13. The zero-order valence-electron chi connectivity index (χ0n) is 14.8. The number of carbonyl (C=O) groups is 2. The lowest BCUT2D eigenvalue weighted by Crippen LogP contribution is -2.45. The Bertz CT molecular complexity index is 1200. The summed E-state index contributed by atoms with van der Waals surface area (Å²) in [5.74, 6) is -1.67. The van der Waals surface area contributed by atoms with E-state index < -0.39 is 17.8 Å².